The molecule has 238 valence electrons. The van der Waals surface area contributed by atoms with Gasteiger partial charge >= 0.3 is 0 Å². The van der Waals surface area contributed by atoms with Crippen LogP contribution in [0.25, 0.3) is 55.1 Å². The van der Waals surface area contributed by atoms with Crippen molar-refractivity contribution in [2.45, 2.75) is 25.4 Å². The number of nitrogens with zero attached hydrogens (tertiary/aromatic N) is 2. The summed E-state index contributed by atoms with van der Waals surface area (Å²) in [7, 11) is 0. The van der Waals surface area contributed by atoms with Gasteiger partial charge < -0.3 is 9.88 Å². The van der Waals surface area contributed by atoms with Crippen LogP contribution in [0.5, 0.6) is 0 Å². The van der Waals surface area contributed by atoms with Crippen LogP contribution in [0.2, 0.25) is 0 Å². The van der Waals surface area contributed by atoms with Crippen LogP contribution in [0.1, 0.15) is 47.8 Å². The van der Waals surface area contributed by atoms with E-state index in [1.54, 1.807) is 0 Å². The van der Waals surface area contributed by atoms with E-state index in [2.05, 4.69) is 188 Å². The maximum atomic E-state index is 5.14. The molecule has 1 aromatic heterocycles. The average Bonchev–Trinajstić information content (AvgIpc) is 3.66. The van der Waals surface area contributed by atoms with E-state index < -0.39 is 0 Å². The topological polar surface area (TPSA) is 29.3 Å². The first-order valence-electron chi connectivity index (χ1n) is 17.4. The van der Waals surface area contributed by atoms with E-state index in [1.165, 1.54) is 54.8 Å². The van der Waals surface area contributed by atoms with E-state index >= 15 is 0 Å². The average molecular weight is 642 g/mol. The molecule has 2 heterocycles. The highest BCUT2D eigenvalue weighted by molar-refractivity contribution is 6.27. The van der Waals surface area contributed by atoms with Crippen LogP contribution < -0.4 is 5.32 Å². The molecule has 10 rings (SSSR count). The van der Waals surface area contributed by atoms with Crippen molar-refractivity contribution in [1.29, 1.82) is 0 Å². The van der Waals surface area contributed by atoms with Gasteiger partial charge in [0.25, 0.3) is 0 Å². The summed E-state index contributed by atoms with van der Waals surface area (Å²) in [5.41, 5.74) is 13.1. The van der Waals surface area contributed by atoms with Gasteiger partial charge in [-0.2, -0.15) is 0 Å². The van der Waals surface area contributed by atoms with Gasteiger partial charge in [-0.15, -0.1) is 0 Å². The standard InChI is InChI=1S/C47H35N3/c1-47(2)39-24-14-13-23-38(39)45-43(47)42-36-21-11-9-19-34(36)35-20-10-12-22-37(35)44(42)50(45)33-27-25-31(26-28-33)41-29-40(30-15-5-3-6-16-30)48-46(49-41)32-17-7-4-8-18-32/h3-29,46,49H,1-2H3. The Hall–Kier alpha value is -6.19. The zero-order valence-corrected chi connectivity index (χ0v) is 28.1. The Kier molecular flexibility index (Phi) is 6.28. The summed E-state index contributed by atoms with van der Waals surface area (Å²) >= 11 is 0. The van der Waals surface area contributed by atoms with Crippen molar-refractivity contribution >= 4 is 43.9 Å². The van der Waals surface area contributed by atoms with Crippen LogP contribution in [-0.4, -0.2) is 10.3 Å². The van der Waals surface area contributed by atoms with E-state index in [1.807, 2.05) is 0 Å². The summed E-state index contributed by atoms with van der Waals surface area (Å²) in [4.78, 5) is 5.14. The molecule has 7 aromatic carbocycles. The number of hydrogen-bond acceptors (Lipinski definition) is 2. The normalized spacial score (nSPS) is 16.2. The zero-order chi connectivity index (χ0) is 33.4. The fourth-order valence-corrected chi connectivity index (χ4v) is 8.49. The number of rotatable bonds is 4. The van der Waals surface area contributed by atoms with Gasteiger partial charge in [-0.1, -0.05) is 159 Å². The minimum absolute atomic E-state index is 0.156. The molecule has 8 aromatic rings. The maximum Gasteiger partial charge on any atom is 0.145 e. The summed E-state index contributed by atoms with van der Waals surface area (Å²) in [5.74, 6) is 0. The lowest BCUT2D eigenvalue weighted by atomic mass is 9.80. The van der Waals surface area contributed by atoms with Crippen molar-refractivity contribution in [1.82, 2.24) is 9.88 Å². The Labute approximate surface area is 291 Å². The summed E-state index contributed by atoms with van der Waals surface area (Å²) in [6.45, 7) is 4.79. The Morgan fingerprint density at radius 3 is 1.92 bits per heavy atom. The van der Waals surface area contributed by atoms with Gasteiger partial charge in [0.1, 0.15) is 6.17 Å². The summed E-state index contributed by atoms with van der Waals surface area (Å²) < 4.78 is 2.54. The Morgan fingerprint density at radius 1 is 0.580 bits per heavy atom. The summed E-state index contributed by atoms with van der Waals surface area (Å²) in [6, 6.07) is 56.9. The molecule has 0 bridgehead atoms. The highest BCUT2D eigenvalue weighted by Gasteiger charge is 2.41. The third kappa shape index (κ3) is 4.20. The smallest absolute Gasteiger partial charge is 0.145 e. The molecular formula is C47H35N3. The molecule has 1 unspecified atom stereocenters. The van der Waals surface area contributed by atoms with Crippen LogP contribution in [0, 0.1) is 0 Å². The molecule has 1 aliphatic carbocycles. The van der Waals surface area contributed by atoms with Crippen LogP contribution in [0.4, 0.5) is 0 Å². The van der Waals surface area contributed by atoms with Crippen molar-refractivity contribution in [3.05, 3.63) is 192 Å². The van der Waals surface area contributed by atoms with E-state index in [0.29, 0.717) is 0 Å². The molecule has 2 aliphatic rings. The molecular weight excluding hydrogens is 607 g/mol. The molecule has 3 nitrogen and oxygen atoms in total. The van der Waals surface area contributed by atoms with Gasteiger partial charge in [0.15, 0.2) is 0 Å². The first kappa shape index (κ1) is 28.8. The molecule has 0 fully saturated rings. The van der Waals surface area contributed by atoms with Crippen molar-refractivity contribution in [3.8, 4) is 16.9 Å². The minimum atomic E-state index is -0.180. The van der Waals surface area contributed by atoms with Crippen LogP contribution >= 0.6 is 0 Å². The fraction of sp³-hybridized carbons (Fsp3) is 0.0851. The van der Waals surface area contributed by atoms with Gasteiger partial charge in [-0.25, -0.2) is 0 Å². The van der Waals surface area contributed by atoms with Crippen molar-refractivity contribution in [3.63, 3.8) is 0 Å². The van der Waals surface area contributed by atoms with E-state index in [0.717, 1.165) is 33.8 Å². The summed E-state index contributed by atoms with van der Waals surface area (Å²) in [6.07, 6.45) is 2.01. The van der Waals surface area contributed by atoms with E-state index in [4.69, 9.17) is 4.99 Å². The number of hydrogen-bond donors (Lipinski definition) is 1. The lowest BCUT2D eigenvalue weighted by Gasteiger charge is -2.25. The third-order valence-electron chi connectivity index (χ3n) is 10.8. The predicted molar refractivity (Wildman–Crippen MR) is 209 cm³/mol. The quantitative estimate of drug-likeness (QED) is 0.190. The molecule has 3 heteroatoms. The Balaban J connectivity index is 1.20. The number of nitrogens with one attached hydrogen (secondary N) is 1. The second-order valence-electron chi connectivity index (χ2n) is 14.0. The fourth-order valence-electron chi connectivity index (χ4n) is 8.49. The third-order valence-corrected chi connectivity index (χ3v) is 10.8. The first-order chi connectivity index (χ1) is 24.6. The van der Waals surface area contributed by atoms with Gasteiger partial charge in [0, 0.05) is 33.1 Å². The highest BCUT2D eigenvalue weighted by Crippen LogP contribution is 2.56. The molecule has 1 N–H and O–H groups in total. The highest BCUT2D eigenvalue weighted by atomic mass is 15.1. The van der Waals surface area contributed by atoms with Gasteiger partial charge in [-0.05, 0) is 62.2 Å². The van der Waals surface area contributed by atoms with Crippen LogP contribution in [0.15, 0.2) is 169 Å². The number of benzene rings is 7. The van der Waals surface area contributed by atoms with Crippen molar-refractivity contribution in [2.24, 2.45) is 4.99 Å². The van der Waals surface area contributed by atoms with Gasteiger partial charge in [0.05, 0.1) is 16.9 Å². The lowest BCUT2D eigenvalue weighted by molar-refractivity contribution is 0.664. The molecule has 50 heavy (non-hydrogen) atoms. The Morgan fingerprint density at radius 2 is 1.18 bits per heavy atom. The predicted octanol–water partition coefficient (Wildman–Crippen LogP) is 11.4. The minimum Gasteiger partial charge on any atom is -0.360 e. The first-order valence-corrected chi connectivity index (χ1v) is 17.4. The second-order valence-corrected chi connectivity index (χ2v) is 14.0. The molecule has 1 aliphatic heterocycles. The van der Waals surface area contributed by atoms with Crippen LogP contribution in [0.3, 0.4) is 0 Å². The maximum absolute atomic E-state index is 5.14. The lowest BCUT2D eigenvalue weighted by Crippen LogP contribution is -2.24. The Bertz CT molecular complexity index is 2680. The van der Waals surface area contributed by atoms with Gasteiger partial charge in [0.2, 0.25) is 0 Å². The second kappa shape index (κ2) is 10.9. The SMILES string of the molecule is CC1(C)c2ccccc2-c2c1c1c3ccccc3c3ccccc3c1n2-c1ccc(C2=CC(c3ccccc3)=NC(c3ccccc3)N2)cc1. The molecule has 0 saturated carbocycles. The number of fused-ring (bicyclic) bond motifs is 10. The molecule has 0 radical (unpaired) electrons. The van der Waals surface area contributed by atoms with E-state index in [-0.39, 0.29) is 11.6 Å². The molecule has 0 amide bonds. The monoisotopic (exact) mass is 641 g/mol. The van der Waals surface area contributed by atoms with Crippen LogP contribution in [-0.2, 0) is 5.41 Å². The number of allylic oxidation sites excluding steroid dienone is 1. The van der Waals surface area contributed by atoms with Crippen molar-refractivity contribution < 1.29 is 0 Å². The molecule has 1 atom stereocenters. The van der Waals surface area contributed by atoms with Gasteiger partial charge in [-0.3, -0.25) is 4.99 Å². The summed E-state index contributed by atoms with van der Waals surface area (Å²) in [5, 5.41) is 10.3. The van der Waals surface area contributed by atoms with Crippen molar-refractivity contribution in [2.75, 3.05) is 0 Å². The largest absolute Gasteiger partial charge is 0.360 e. The number of aliphatic imine (C=N–C) groups is 1. The molecule has 0 saturated heterocycles. The zero-order valence-electron chi connectivity index (χ0n) is 28.1. The molecule has 0 spiro atoms. The number of aromatic nitrogens is 1. The van der Waals surface area contributed by atoms with E-state index in [9.17, 15) is 0 Å².